The summed E-state index contributed by atoms with van der Waals surface area (Å²) in [6, 6.07) is 7.32. The highest BCUT2D eigenvalue weighted by atomic mass is 16.5. The molecule has 2 atom stereocenters. The first-order valence-electron chi connectivity index (χ1n) is 8.07. The molecule has 1 aromatic rings. The molecule has 1 saturated heterocycles. The highest BCUT2D eigenvalue weighted by Crippen LogP contribution is 2.18. The topological polar surface area (TPSA) is 79.8 Å². The van der Waals surface area contributed by atoms with E-state index in [0.29, 0.717) is 19.6 Å². The standard InChI is InChI=1S/C17H26N2O4/c1-12(2)23-15-5-3-13(4-6-15)16(20)10-19-17(21)9-14-11-22-8-7-18-14/h3-6,12,14,16,18,20H,7-11H2,1-2H3,(H,19,21). The maximum Gasteiger partial charge on any atom is 0.221 e. The van der Waals surface area contributed by atoms with E-state index in [2.05, 4.69) is 10.6 Å². The van der Waals surface area contributed by atoms with Crippen molar-refractivity contribution in [3.8, 4) is 5.75 Å². The molecule has 6 heteroatoms. The Morgan fingerprint density at radius 1 is 1.43 bits per heavy atom. The summed E-state index contributed by atoms with van der Waals surface area (Å²) < 4.78 is 10.9. The maximum absolute atomic E-state index is 11.9. The Morgan fingerprint density at radius 2 is 2.17 bits per heavy atom. The van der Waals surface area contributed by atoms with E-state index in [4.69, 9.17) is 9.47 Å². The average Bonchev–Trinajstić information content (AvgIpc) is 2.54. The fourth-order valence-electron chi connectivity index (χ4n) is 2.42. The Balaban J connectivity index is 1.75. The molecular formula is C17H26N2O4. The fraction of sp³-hybridized carbons (Fsp3) is 0.588. The number of hydrogen-bond acceptors (Lipinski definition) is 5. The van der Waals surface area contributed by atoms with Crippen molar-refractivity contribution in [3.63, 3.8) is 0 Å². The summed E-state index contributed by atoms with van der Waals surface area (Å²) in [5.41, 5.74) is 0.750. The van der Waals surface area contributed by atoms with Gasteiger partial charge in [-0.1, -0.05) is 12.1 Å². The predicted octanol–water partition coefficient (Wildman–Crippen LogP) is 1.00. The van der Waals surface area contributed by atoms with Crippen LogP contribution in [0.15, 0.2) is 24.3 Å². The number of hydrogen-bond donors (Lipinski definition) is 3. The van der Waals surface area contributed by atoms with Crippen LogP contribution in [0.25, 0.3) is 0 Å². The number of nitrogens with one attached hydrogen (secondary N) is 2. The van der Waals surface area contributed by atoms with Gasteiger partial charge in [0, 0.05) is 25.6 Å². The Labute approximate surface area is 137 Å². The van der Waals surface area contributed by atoms with Crippen molar-refractivity contribution in [2.24, 2.45) is 0 Å². The van der Waals surface area contributed by atoms with Gasteiger partial charge in [0.05, 0.1) is 25.4 Å². The zero-order valence-electron chi connectivity index (χ0n) is 13.7. The van der Waals surface area contributed by atoms with E-state index in [0.717, 1.165) is 17.9 Å². The van der Waals surface area contributed by atoms with Crippen LogP contribution in [0.4, 0.5) is 0 Å². The van der Waals surface area contributed by atoms with Crippen LogP contribution in [0.1, 0.15) is 31.9 Å². The van der Waals surface area contributed by atoms with Gasteiger partial charge in [0.2, 0.25) is 5.91 Å². The van der Waals surface area contributed by atoms with Crippen molar-refractivity contribution >= 4 is 5.91 Å². The molecule has 0 bridgehead atoms. The van der Waals surface area contributed by atoms with E-state index in [-0.39, 0.29) is 24.6 Å². The van der Waals surface area contributed by atoms with E-state index in [1.54, 1.807) is 0 Å². The van der Waals surface area contributed by atoms with Crippen molar-refractivity contribution in [2.75, 3.05) is 26.3 Å². The van der Waals surface area contributed by atoms with Gasteiger partial charge in [-0.05, 0) is 31.5 Å². The minimum Gasteiger partial charge on any atom is -0.491 e. The second-order valence-electron chi connectivity index (χ2n) is 5.99. The van der Waals surface area contributed by atoms with Crippen LogP contribution >= 0.6 is 0 Å². The monoisotopic (exact) mass is 322 g/mol. The minimum absolute atomic E-state index is 0.0494. The number of carbonyl (C=O) groups is 1. The number of ether oxygens (including phenoxy) is 2. The highest BCUT2D eigenvalue weighted by molar-refractivity contribution is 5.76. The quantitative estimate of drug-likeness (QED) is 0.698. The number of morpholine rings is 1. The molecule has 6 nitrogen and oxygen atoms in total. The van der Waals surface area contributed by atoms with Crippen LogP contribution in [0.3, 0.4) is 0 Å². The molecule has 0 radical (unpaired) electrons. The number of aliphatic hydroxyl groups is 1. The summed E-state index contributed by atoms with van der Waals surface area (Å²) in [5.74, 6) is 0.676. The maximum atomic E-state index is 11.9. The third-order valence-corrected chi connectivity index (χ3v) is 3.56. The van der Waals surface area contributed by atoms with Gasteiger partial charge < -0.3 is 25.2 Å². The van der Waals surface area contributed by atoms with Crippen molar-refractivity contribution in [1.29, 1.82) is 0 Å². The van der Waals surface area contributed by atoms with Crippen molar-refractivity contribution in [3.05, 3.63) is 29.8 Å². The Kier molecular flexibility index (Phi) is 6.83. The smallest absolute Gasteiger partial charge is 0.221 e. The molecule has 2 rings (SSSR count). The van der Waals surface area contributed by atoms with Crippen LogP contribution in [0.2, 0.25) is 0 Å². The van der Waals surface area contributed by atoms with Crippen molar-refractivity contribution in [1.82, 2.24) is 10.6 Å². The minimum atomic E-state index is -0.734. The van der Waals surface area contributed by atoms with Crippen molar-refractivity contribution < 1.29 is 19.4 Å². The number of carbonyl (C=O) groups excluding carboxylic acids is 1. The lowest BCUT2D eigenvalue weighted by molar-refractivity contribution is -0.122. The molecule has 2 unspecified atom stereocenters. The second-order valence-corrected chi connectivity index (χ2v) is 5.99. The van der Waals surface area contributed by atoms with Gasteiger partial charge >= 0.3 is 0 Å². The molecule has 1 amide bonds. The summed E-state index contributed by atoms with van der Waals surface area (Å²) in [5, 5.41) is 16.1. The summed E-state index contributed by atoms with van der Waals surface area (Å²) >= 11 is 0. The number of amides is 1. The van der Waals surface area contributed by atoms with Gasteiger partial charge in [0.1, 0.15) is 5.75 Å². The van der Waals surface area contributed by atoms with E-state index in [1.807, 2.05) is 38.1 Å². The van der Waals surface area contributed by atoms with Gasteiger partial charge in [-0.2, -0.15) is 0 Å². The summed E-state index contributed by atoms with van der Waals surface area (Å²) in [7, 11) is 0. The molecule has 128 valence electrons. The summed E-state index contributed by atoms with van der Waals surface area (Å²) in [6.45, 7) is 6.12. The third kappa shape index (κ3) is 6.17. The fourth-order valence-corrected chi connectivity index (χ4v) is 2.42. The molecule has 1 aromatic carbocycles. The van der Waals surface area contributed by atoms with Crippen LogP contribution < -0.4 is 15.4 Å². The Hall–Kier alpha value is -1.63. The lowest BCUT2D eigenvalue weighted by Gasteiger charge is -2.23. The average molecular weight is 322 g/mol. The lowest BCUT2D eigenvalue weighted by Crippen LogP contribution is -2.44. The molecule has 0 aromatic heterocycles. The Morgan fingerprint density at radius 3 is 2.78 bits per heavy atom. The van der Waals surface area contributed by atoms with Gasteiger partial charge in [-0.3, -0.25) is 4.79 Å². The van der Waals surface area contributed by atoms with Gasteiger partial charge in [0.25, 0.3) is 0 Å². The van der Waals surface area contributed by atoms with E-state index < -0.39 is 6.10 Å². The number of aliphatic hydroxyl groups excluding tert-OH is 1. The first kappa shape index (κ1) is 17.7. The largest absolute Gasteiger partial charge is 0.491 e. The molecule has 23 heavy (non-hydrogen) atoms. The highest BCUT2D eigenvalue weighted by Gasteiger charge is 2.17. The molecule has 0 aliphatic carbocycles. The number of rotatable bonds is 7. The first-order chi connectivity index (χ1) is 11.0. The SMILES string of the molecule is CC(C)Oc1ccc(C(O)CNC(=O)CC2COCCN2)cc1. The van der Waals surface area contributed by atoms with E-state index in [9.17, 15) is 9.90 Å². The zero-order valence-corrected chi connectivity index (χ0v) is 13.7. The molecule has 3 N–H and O–H groups in total. The molecule has 1 aliphatic heterocycles. The first-order valence-corrected chi connectivity index (χ1v) is 8.07. The van der Waals surface area contributed by atoms with Gasteiger partial charge in [-0.25, -0.2) is 0 Å². The normalized spacial score (nSPS) is 19.4. The van der Waals surface area contributed by atoms with E-state index >= 15 is 0 Å². The second kappa shape index (κ2) is 8.86. The predicted molar refractivity (Wildman–Crippen MR) is 87.4 cm³/mol. The Bertz CT molecular complexity index is 484. The lowest BCUT2D eigenvalue weighted by atomic mass is 10.1. The van der Waals surface area contributed by atoms with Crippen LogP contribution in [-0.2, 0) is 9.53 Å². The van der Waals surface area contributed by atoms with E-state index in [1.165, 1.54) is 0 Å². The zero-order chi connectivity index (χ0) is 16.7. The van der Waals surface area contributed by atoms with Gasteiger partial charge in [0.15, 0.2) is 0 Å². The third-order valence-electron chi connectivity index (χ3n) is 3.56. The summed E-state index contributed by atoms with van der Waals surface area (Å²) in [6.07, 6.45) is -0.265. The molecule has 1 fully saturated rings. The van der Waals surface area contributed by atoms with Crippen LogP contribution in [0, 0.1) is 0 Å². The molecule has 0 saturated carbocycles. The van der Waals surface area contributed by atoms with Crippen LogP contribution in [-0.4, -0.2) is 49.5 Å². The molecule has 1 aliphatic rings. The van der Waals surface area contributed by atoms with Gasteiger partial charge in [-0.15, -0.1) is 0 Å². The van der Waals surface area contributed by atoms with Crippen LogP contribution in [0.5, 0.6) is 5.75 Å². The molecule has 0 spiro atoms. The molecule has 1 heterocycles. The number of benzene rings is 1. The molecular weight excluding hydrogens is 296 g/mol. The summed E-state index contributed by atoms with van der Waals surface area (Å²) in [4.78, 5) is 11.9. The van der Waals surface area contributed by atoms with Crippen molar-refractivity contribution in [2.45, 2.75) is 38.5 Å².